The molecular formula is C22H23N3O4S2. The zero-order chi connectivity index (χ0) is 22.4. The number of anilines is 3. The SMILES string of the molecule is COc1ccc(NS(=O)(=O)c2ccc(NC(=S)Nc3cc(C)ccc3OC)cc2)cc1. The number of benzene rings is 3. The minimum atomic E-state index is -3.72. The third-order valence-electron chi connectivity index (χ3n) is 4.37. The molecule has 3 aromatic carbocycles. The Balaban J connectivity index is 1.66. The second kappa shape index (κ2) is 9.67. The first-order valence-corrected chi connectivity index (χ1v) is 11.2. The standard InChI is InChI=1S/C22H23N3O4S2/c1-15-4-13-21(29-3)20(14-15)24-22(30)23-16-7-11-19(12-8-16)31(26,27)25-17-5-9-18(28-2)10-6-17/h4-14,25H,1-3H3,(H2,23,24,30). The number of thiocarbonyl (C=S) groups is 1. The normalized spacial score (nSPS) is 10.8. The van der Waals surface area contributed by atoms with E-state index in [1.54, 1.807) is 50.6 Å². The number of rotatable bonds is 7. The number of hydrogen-bond acceptors (Lipinski definition) is 5. The van der Waals surface area contributed by atoms with Gasteiger partial charge in [0.25, 0.3) is 10.0 Å². The van der Waals surface area contributed by atoms with Crippen molar-refractivity contribution in [3.63, 3.8) is 0 Å². The molecule has 0 saturated carbocycles. The van der Waals surface area contributed by atoms with Crippen LogP contribution < -0.4 is 24.8 Å². The summed E-state index contributed by atoms with van der Waals surface area (Å²) in [6, 6.07) is 18.7. The fourth-order valence-electron chi connectivity index (χ4n) is 2.79. The van der Waals surface area contributed by atoms with Crippen LogP contribution in [0.15, 0.2) is 71.6 Å². The fraction of sp³-hybridized carbons (Fsp3) is 0.136. The third-order valence-corrected chi connectivity index (χ3v) is 5.97. The first kappa shape index (κ1) is 22.4. The summed E-state index contributed by atoms with van der Waals surface area (Å²) >= 11 is 5.36. The first-order chi connectivity index (χ1) is 14.8. The average molecular weight is 458 g/mol. The summed E-state index contributed by atoms with van der Waals surface area (Å²) in [6.07, 6.45) is 0. The molecule has 0 spiro atoms. The fourth-order valence-corrected chi connectivity index (χ4v) is 4.08. The van der Waals surface area contributed by atoms with Gasteiger partial charge in [0.2, 0.25) is 0 Å². The van der Waals surface area contributed by atoms with Crippen molar-refractivity contribution in [3.8, 4) is 11.5 Å². The molecule has 31 heavy (non-hydrogen) atoms. The van der Waals surface area contributed by atoms with Crippen LogP contribution in [-0.4, -0.2) is 27.7 Å². The van der Waals surface area contributed by atoms with Crippen LogP contribution in [-0.2, 0) is 10.0 Å². The van der Waals surface area contributed by atoms with Crippen LogP contribution in [0.25, 0.3) is 0 Å². The lowest BCUT2D eigenvalue weighted by molar-refractivity contribution is 0.415. The van der Waals surface area contributed by atoms with Gasteiger partial charge in [-0.05, 0) is 85.4 Å². The number of ether oxygens (including phenoxy) is 2. The molecule has 0 aromatic heterocycles. The lowest BCUT2D eigenvalue weighted by Gasteiger charge is -2.14. The van der Waals surface area contributed by atoms with Gasteiger partial charge in [-0.15, -0.1) is 0 Å². The maximum atomic E-state index is 12.6. The molecule has 0 aliphatic rings. The lowest BCUT2D eigenvalue weighted by Crippen LogP contribution is -2.19. The van der Waals surface area contributed by atoms with Gasteiger partial charge in [-0.25, -0.2) is 8.42 Å². The first-order valence-electron chi connectivity index (χ1n) is 9.30. The maximum Gasteiger partial charge on any atom is 0.261 e. The Kier molecular flexibility index (Phi) is 6.98. The summed E-state index contributed by atoms with van der Waals surface area (Å²) in [7, 11) is -0.586. The van der Waals surface area contributed by atoms with Crippen LogP contribution in [0.3, 0.4) is 0 Å². The highest BCUT2D eigenvalue weighted by Crippen LogP contribution is 2.26. The monoisotopic (exact) mass is 457 g/mol. The van der Waals surface area contributed by atoms with Crippen LogP contribution in [0, 0.1) is 6.92 Å². The molecular weight excluding hydrogens is 434 g/mol. The van der Waals surface area contributed by atoms with Crippen LogP contribution in [0.5, 0.6) is 11.5 Å². The van der Waals surface area contributed by atoms with Gasteiger partial charge < -0.3 is 20.1 Å². The largest absolute Gasteiger partial charge is 0.497 e. The molecule has 0 fully saturated rings. The number of sulfonamides is 1. The molecule has 0 amide bonds. The van der Waals surface area contributed by atoms with Gasteiger partial charge in [0, 0.05) is 11.4 Å². The summed E-state index contributed by atoms with van der Waals surface area (Å²) in [6.45, 7) is 1.97. The van der Waals surface area contributed by atoms with Crippen molar-refractivity contribution in [1.29, 1.82) is 0 Å². The molecule has 0 saturated heterocycles. The van der Waals surface area contributed by atoms with E-state index in [4.69, 9.17) is 21.7 Å². The Morgan fingerprint density at radius 2 is 1.48 bits per heavy atom. The van der Waals surface area contributed by atoms with Crippen LogP contribution in [0.4, 0.5) is 17.1 Å². The van der Waals surface area contributed by atoms with Crippen molar-refractivity contribution in [1.82, 2.24) is 0 Å². The Hall–Kier alpha value is -3.30. The predicted molar refractivity (Wildman–Crippen MR) is 128 cm³/mol. The van der Waals surface area contributed by atoms with E-state index in [1.807, 2.05) is 25.1 Å². The quantitative estimate of drug-likeness (QED) is 0.446. The van der Waals surface area contributed by atoms with Gasteiger partial charge in [0.1, 0.15) is 11.5 Å². The molecule has 0 heterocycles. The molecule has 0 radical (unpaired) electrons. The van der Waals surface area contributed by atoms with Crippen molar-refractivity contribution < 1.29 is 17.9 Å². The molecule has 0 aliphatic carbocycles. The molecule has 3 rings (SSSR count). The van der Waals surface area contributed by atoms with Crippen LogP contribution in [0.1, 0.15) is 5.56 Å². The average Bonchev–Trinajstić information content (AvgIpc) is 2.74. The van der Waals surface area contributed by atoms with E-state index in [2.05, 4.69) is 15.4 Å². The molecule has 0 atom stereocenters. The predicted octanol–water partition coefficient (Wildman–Crippen LogP) is 4.62. The molecule has 0 unspecified atom stereocenters. The number of nitrogens with one attached hydrogen (secondary N) is 3. The maximum absolute atomic E-state index is 12.6. The van der Waals surface area contributed by atoms with Crippen molar-refractivity contribution in [2.45, 2.75) is 11.8 Å². The van der Waals surface area contributed by atoms with E-state index in [0.717, 1.165) is 11.3 Å². The zero-order valence-electron chi connectivity index (χ0n) is 17.3. The van der Waals surface area contributed by atoms with Crippen molar-refractivity contribution >= 4 is 44.4 Å². The van der Waals surface area contributed by atoms with Crippen LogP contribution in [0.2, 0.25) is 0 Å². The third kappa shape index (κ3) is 5.87. The zero-order valence-corrected chi connectivity index (χ0v) is 18.9. The van der Waals surface area contributed by atoms with E-state index >= 15 is 0 Å². The lowest BCUT2D eigenvalue weighted by atomic mass is 10.2. The molecule has 0 bridgehead atoms. The highest BCUT2D eigenvalue weighted by Gasteiger charge is 2.14. The Morgan fingerprint density at radius 1 is 0.839 bits per heavy atom. The van der Waals surface area contributed by atoms with Gasteiger partial charge in [-0.3, -0.25) is 4.72 Å². The van der Waals surface area contributed by atoms with E-state index in [1.165, 1.54) is 12.1 Å². The number of methoxy groups -OCH3 is 2. The molecule has 7 nitrogen and oxygen atoms in total. The van der Waals surface area contributed by atoms with Gasteiger partial charge in [-0.2, -0.15) is 0 Å². The van der Waals surface area contributed by atoms with Gasteiger partial charge in [-0.1, -0.05) is 6.07 Å². The van der Waals surface area contributed by atoms with E-state index in [0.29, 0.717) is 28.0 Å². The minimum Gasteiger partial charge on any atom is -0.497 e. The van der Waals surface area contributed by atoms with E-state index < -0.39 is 10.0 Å². The van der Waals surface area contributed by atoms with E-state index in [9.17, 15) is 8.42 Å². The topological polar surface area (TPSA) is 88.7 Å². The smallest absolute Gasteiger partial charge is 0.261 e. The summed E-state index contributed by atoms with van der Waals surface area (Å²) in [4.78, 5) is 0.132. The molecule has 162 valence electrons. The summed E-state index contributed by atoms with van der Waals surface area (Å²) in [5.41, 5.74) is 2.89. The second-order valence-electron chi connectivity index (χ2n) is 6.64. The second-order valence-corrected chi connectivity index (χ2v) is 8.73. The Bertz CT molecular complexity index is 1160. The van der Waals surface area contributed by atoms with Crippen molar-refractivity contribution in [3.05, 3.63) is 72.3 Å². The molecule has 9 heteroatoms. The summed E-state index contributed by atoms with van der Waals surface area (Å²) in [5, 5.41) is 6.49. The van der Waals surface area contributed by atoms with Gasteiger partial charge in [0.05, 0.1) is 24.8 Å². The summed E-state index contributed by atoms with van der Waals surface area (Å²) in [5.74, 6) is 1.31. The van der Waals surface area contributed by atoms with Gasteiger partial charge in [0.15, 0.2) is 5.11 Å². The van der Waals surface area contributed by atoms with Gasteiger partial charge >= 0.3 is 0 Å². The number of hydrogen-bond donors (Lipinski definition) is 3. The molecule has 3 N–H and O–H groups in total. The summed E-state index contributed by atoms with van der Waals surface area (Å²) < 4.78 is 38.2. The molecule has 0 aliphatic heterocycles. The number of aryl methyl sites for hydroxylation is 1. The Labute approximate surface area is 187 Å². The van der Waals surface area contributed by atoms with Crippen molar-refractivity contribution in [2.24, 2.45) is 0 Å². The highest BCUT2D eigenvalue weighted by molar-refractivity contribution is 7.92. The molecule has 3 aromatic rings. The van der Waals surface area contributed by atoms with Crippen LogP contribution >= 0.6 is 12.2 Å². The van der Waals surface area contributed by atoms with E-state index in [-0.39, 0.29) is 4.90 Å². The Morgan fingerprint density at radius 3 is 2.10 bits per heavy atom. The highest BCUT2D eigenvalue weighted by atomic mass is 32.2. The minimum absolute atomic E-state index is 0.132. The van der Waals surface area contributed by atoms with Crippen molar-refractivity contribution in [2.75, 3.05) is 29.6 Å².